The fourth-order valence-corrected chi connectivity index (χ4v) is 2.27. The Bertz CT molecular complexity index is 638. The molecule has 0 radical (unpaired) electrons. The minimum Gasteiger partial charge on any atom is -0.621 e. The highest BCUT2D eigenvalue weighted by Gasteiger charge is 2.24. The average Bonchev–Trinajstić information content (AvgIpc) is 2.32. The van der Waals surface area contributed by atoms with E-state index in [1.54, 1.807) is 0 Å². The molecule has 2 rings (SSSR count). The molecule has 0 amide bonds. The number of rotatable bonds is 2. The minimum atomic E-state index is -2.59. The van der Waals surface area contributed by atoms with Gasteiger partial charge in [0.2, 0.25) is 0 Å². The van der Waals surface area contributed by atoms with Crippen molar-refractivity contribution in [1.82, 2.24) is 0 Å². The van der Waals surface area contributed by atoms with E-state index in [1.807, 2.05) is 0 Å². The molecule has 6 heteroatoms. The van der Waals surface area contributed by atoms with Crippen molar-refractivity contribution >= 4 is 15.3 Å². The van der Waals surface area contributed by atoms with E-state index in [2.05, 4.69) is 0 Å². The van der Waals surface area contributed by atoms with Crippen LogP contribution in [0.3, 0.4) is 0 Å². The lowest BCUT2D eigenvalue weighted by Crippen LogP contribution is -2.42. The quantitative estimate of drug-likeness (QED) is 0.466. The van der Waals surface area contributed by atoms with Crippen LogP contribution in [0.15, 0.2) is 48.7 Å². The average molecular weight is 267 g/mol. The van der Waals surface area contributed by atoms with Crippen LogP contribution >= 0.6 is 0 Å². The highest BCUT2D eigenvalue weighted by Crippen LogP contribution is 2.19. The molecule has 1 aliphatic rings. The van der Waals surface area contributed by atoms with Crippen molar-refractivity contribution in [2.24, 2.45) is 0 Å². The number of halogens is 1. The minimum absolute atomic E-state index is 0.0928. The van der Waals surface area contributed by atoms with Crippen LogP contribution in [-0.4, -0.2) is 18.1 Å². The molecule has 0 aromatic heterocycles. The molecule has 94 valence electrons. The highest BCUT2D eigenvalue weighted by molar-refractivity contribution is 7.72. The number of hydroxylamine groups is 3. The molecule has 4 nitrogen and oxygen atoms in total. The Labute approximate surface area is 105 Å². The van der Waals surface area contributed by atoms with Crippen LogP contribution in [0.2, 0.25) is 0 Å². The maximum atomic E-state index is 12.8. The molecule has 1 atom stereocenters. The van der Waals surface area contributed by atoms with Crippen LogP contribution in [0.25, 0.3) is 0 Å². The Kier molecular flexibility index (Phi) is 3.42. The van der Waals surface area contributed by atoms with E-state index in [0.717, 1.165) is 0 Å². The zero-order valence-corrected chi connectivity index (χ0v) is 10.1. The number of allylic oxidation sites excluding steroid dienone is 2. The molecule has 1 aromatic rings. The summed E-state index contributed by atoms with van der Waals surface area (Å²) in [7, 11) is -2.59. The number of benzene rings is 1. The summed E-state index contributed by atoms with van der Waals surface area (Å²) < 4.78 is 33.7. The van der Waals surface area contributed by atoms with E-state index >= 15 is 0 Å². The van der Waals surface area contributed by atoms with Crippen molar-refractivity contribution in [3.05, 3.63) is 65.3 Å². The van der Waals surface area contributed by atoms with Crippen LogP contribution in [0, 0.1) is 11.0 Å². The van der Waals surface area contributed by atoms with Gasteiger partial charge >= 0.3 is 0 Å². The summed E-state index contributed by atoms with van der Waals surface area (Å²) in [5.41, 5.74) is 0.564. The molecule has 0 saturated heterocycles. The smallest absolute Gasteiger partial charge is 0.277 e. The Morgan fingerprint density at radius 1 is 1.17 bits per heavy atom. The van der Waals surface area contributed by atoms with Gasteiger partial charge in [-0.1, -0.05) is 12.1 Å². The predicted molar refractivity (Wildman–Crippen MR) is 65.9 cm³/mol. The van der Waals surface area contributed by atoms with Gasteiger partial charge < -0.3 is 5.21 Å². The lowest BCUT2D eigenvalue weighted by molar-refractivity contribution is -0.744. The van der Waals surface area contributed by atoms with Gasteiger partial charge in [0.25, 0.3) is 15.3 Å². The maximum Gasteiger partial charge on any atom is 0.277 e. The van der Waals surface area contributed by atoms with E-state index in [0.29, 0.717) is 5.56 Å². The van der Waals surface area contributed by atoms with Crippen molar-refractivity contribution in [2.45, 2.75) is 6.54 Å². The first-order valence-electron chi connectivity index (χ1n) is 5.17. The standard InChI is InChI=1S/C12H10FNO3S/c13-11-6-4-10(5-7-11)9-14(15)8-2-1-3-12(14)18(16)17/h1-8H,9H2. The Hall–Kier alpha value is -1.76. The molecule has 0 bridgehead atoms. The molecule has 1 unspecified atom stereocenters. The number of quaternary nitrogens is 1. The molecular weight excluding hydrogens is 257 g/mol. The lowest BCUT2D eigenvalue weighted by atomic mass is 10.2. The molecule has 0 aliphatic carbocycles. The third kappa shape index (κ3) is 2.56. The summed E-state index contributed by atoms with van der Waals surface area (Å²) in [4.78, 5) is -0.262. The molecule has 1 aliphatic heterocycles. The molecule has 0 fully saturated rings. The van der Waals surface area contributed by atoms with E-state index in [9.17, 15) is 18.0 Å². The molecular formula is C12H10FNO3S. The van der Waals surface area contributed by atoms with Crippen molar-refractivity contribution in [1.29, 1.82) is 0 Å². The van der Waals surface area contributed by atoms with Crippen LogP contribution < -0.4 is 0 Å². The van der Waals surface area contributed by atoms with Gasteiger partial charge in [0.1, 0.15) is 18.6 Å². The molecule has 0 spiro atoms. The Morgan fingerprint density at radius 2 is 1.83 bits per heavy atom. The summed E-state index contributed by atoms with van der Waals surface area (Å²) in [5.74, 6) is -0.401. The van der Waals surface area contributed by atoms with Gasteiger partial charge in [-0.2, -0.15) is 8.42 Å². The van der Waals surface area contributed by atoms with Crippen LogP contribution in [0.4, 0.5) is 4.39 Å². The monoisotopic (exact) mass is 267 g/mol. The topological polar surface area (TPSA) is 57.2 Å². The summed E-state index contributed by atoms with van der Waals surface area (Å²) in [6.45, 7) is -0.0928. The van der Waals surface area contributed by atoms with Crippen LogP contribution in [0.1, 0.15) is 5.56 Å². The van der Waals surface area contributed by atoms with Gasteiger partial charge in [0.05, 0.1) is 0 Å². The fraction of sp³-hybridized carbons (Fsp3) is 0.0833. The normalized spacial score (nSPS) is 22.2. The van der Waals surface area contributed by atoms with Gasteiger partial charge in [-0.3, -0.25) is 4.65 Å². The first kappa shape index (κ1) is 12.7. The molecule has 0 saturated carbocycles. The third-order valence-corrected chi connectivity index (χ3v) is 3.34. The Morgan fingerprint density at radius 3 is 2.44 bits per heavy atom. The van der Waals surface area contributed by atoms with Gasteiger partial charge in [-0.05, 0) is 24.3 Å². The highest BCUT2D eigenvalue weighted by atomic mass is 32.2. The maximum absolute atomic E-state index is 12.8. The second-order valence-corrected chi connectivity index (χ2v) is 4.74. The zero-order valence-electron chi connectivity index (χ0n) is 9.28. The number of nitrogens with zero attached hydrogens (tertiary/aromatic N) is 1. The van der Waals surface area contributed by atoms with Gasteiger partial charge in [0.15, 0.2) is 0 Å². The van der Waals surface area contributed by atoms with E-state index < -0.39 is 20.8 Å². The van der Waals surface area contributed by atoms with E-state index in [-0.39, 0.29) is 11.5 Å². The molecule has 0 N–H and O–H groups in total. The molecule has 1 aromatic carbocycles. The number of hydrogen-bond acceptors (Lipinski definition) is 3. The first-order valence-corrected chi connectivity index (χ1v) is 6.25. The molecule has 18 heavy (non-hydrogen) atoms. The van der Waals surface area contributed by atoms with Crippen LogP contribution in [-0.2, 0) is 16.8 Å². The second-order valence-electron chi connectivity index (χ2n) is 3.85. The third-order valence-electron chi connectivity index (χ3n) is 2.55. The predicted octanol–water partition coefficient (Wildman–Crippen LogP) is 1.73. The Balaban J connectivity index is 2.37. The SMILES string of the molecule is O=S(=O)=C1C=CC=C[N+]1([O-])Cc1ccc(F)cc1. The zero-order chi connectivity index (χ0) is 13.2. The summed E-state index contributed by atoms with van der Waals surface area (Å²) in [5, 5.41) is 12.4. The van der Waals surface area contributed by atoms with Gasteiger partial charge in [0, 0.05) is 11.6 Å². The van der Waals surface area contributed by atoms with Crippen molar-refractivity contribution in [2.75, 3.05) is 0 Å². The second kappa shape index (κ2) is 4.85. The summed E-state index contributed by atoms with van der Waals surface area (Å²) >= 11 is 0. The van der Waals surface area contributed by atoms with Crippen molar-refractivity contribution in [3.63, 3.8) is 0 Å². The number of hydrogen-bond donors (Lipinski definition) is 0. The summed E-state index contributed by atoms with van der Waals surface area (Å²) in [6, 6.07) is 5.40. The van der Waals surface area contributed by atoms with Gasteiger partial charge in [-0.15, -0.1) is 0 Å². The van der Waals surface area contributed by atoms with Crippen molar-refractivity contribution in [3.8, 4) is 0 Å². The van der Waals surface area contributed by atoms with Crippen molar-refractivity contribution < 1.29 is 17.5 Å². The van der Waals surface area contributed by atoms with E-state index in [1.165, 1.54) is 48.7 Å². The summed E-state index contributed by atoms with van der Waals surface area (Å²) in [6.07, 6.45) is 5.49. The van der Waals surface area contributed by atoms with E-state index in [4.69, 9.17) is 0 Å². The van der Waals surface area contributed by atoms with Crippen LogP contribution in [0.5, 0.6) is 0 Å². The molecule has 1 heterocycles. The lowest BCUT2D eigenvalue weighted by Gasteiger charge is -2.37. The van der Waals surface area contributed by atoms with Gasteiger partial charge in [-0.25, -0.2) is 4.39 Å². The fourth-order valence-electron chi connectivity index (χ4n) is 1.70. The first-order chi connectivity index (χ1) is 8.51. The largest absolute Gasteiger partial charge is 0.621 e.